The smallest absolute Gasteiger partial charge is 0.125 e. The van der Waals surface area contributed by atoms with E-state index in [1.165, 1.54) is 0 Å². The molecule has 1 aromatic carbocycles. The molecule has 0 spiro atoms. The van der Waals surface area contributed by atoms with E-state index in [9.17, 15) is 5.11 Å². The number of aryl methyl sites for hydroxylation is 3. The van der Waals surface area contributed by atoms with Gasteiger partial charge in [0.2, 0.25) is 0 Å². The first kappa shape index (κ1) is 12.6. The standard InChI is InChI=1S/C14H18N2O2/c1-9-7-10(2)13(12(8-9)18-4)14(17)11-5-6-15-16(11)3/h5-8,14,17H,1-4H3. The molecule has 1 atom stereocenters. The highest BCUT2D eigenvalue weighted by Crippen LogP contribution is 2.33. The fraction of sp³-hybridized carbons (Fsp3) is 0.357. The second kappa shape index (κ2) is 4.82. The van der Waals surface area contributed by atoms with Crippen molar-refractivity contribution in [2.45, 2.75) is 20.0 Å². The Hall–Kier alpha value is -1.81. The van der Waals surface area contributed by atoms with E-state index >= 15 is 0 Å². The molecule has 4 heteroatoms. The van der Waals surface area contributed by atoms with E-state index in [0.717, 1.165) is 22.4 Å². The molecule has 0 bridgehead atoms. The first-order chi connectivity index (χ1) is 8.54. The third-order valence-electron chi connectivity index (χ3n) is 3.13. The number of hydrogen-bond donors (Lipinski definition) is 1. The summed E-state index contributed by atoms with van der Waals surface area (Å²) in [6, 6.07) is 5.78. The van der Waals surface area contributed by atoms with Gasteiger partial charge >= 0.3 is 0 Å². The zero-order valence-electron chi connectivity index (χ0n) is 11.1. The van der Waals surface area contributed by atoms with E-state index in [4.69, 9.17) is 4.74 Å². The van der Waals surface area contributed by atoms with Gasteiger partial charge in [-0.25, -0.2) is 0 Å². The van der Waals surface area contributed by atoms with Gasteiger partial charge < -0.3 is 9.84 Å². The van der Waals surface area contributed by atoms with Crippen molar-refractivity contribution < 1.29 is 9.84 Å². The Morgan fingerprint density at radius 1 is 1.33 bits per heavy atom. The van der Waals surface area contributed by atoms with Crippen molar-refractivity contribution in [3.63, 3.8) is 0 Å². The van der Waals surface area contributed by atoms with Crippen LogP contribution in [-0.4, -0.2) is 22.0 Å². The van der Waals surface area contributed by atoms with Crippen LogP contribution in [-0.2, 0) is 7.05 Å². The van der Waals surface area contributed by atoms with Crippen LogP contribution >= 0.6 is 0 Å². The Balaban J connectivity index is 2.54. The van der Waals surface area contributed by atoms with Crippen molar-refractivity contribution in [1.29, 1.82) is 0 Å². The van der Waals surface area contributed by atoms with Crippen molar-refractivity contribution in [2.75, 3.05) is 7.11 Å². The zero-order valence-corrected chi connectivity index (χ0v) is 11.1. The number of nitrogens with zero attached hydrogens (tertiary/aromatic N) is 2. The summed E-state index contributed by atoms with van der Waals surface area (Å²) in [5, 5.41) is 14.6. The second-order valence-electron chi connectivity index (χ2n) is 4.48. The highest BCUT2D eigenvalue weighted by Gasteiger charge is 2.20. The van der Waals surface area contributed by atoms with Crippen LogP contribution in [0.15, 0.2) is 24.4 Å². The zero-order chi connectivity index (χ0) is 13.3. The van der Waals surface area contributed by atoms with Crippen LogP contribution < -0.4 is 4.74 Å². The molecule has 1 heterocycles. The van der Waals surface area contributed by atoms with Crippen LogP contribution in [0.4, 0.5) is 0 Å². The Labute approximate surface area is 107 Å². The van der Waals surface area contributed by atoms with E-state index < -0.39 is 6.10 Å². The number of ether oxygens (including phenoxy) is 1. The molecule has 0 aliphatic rings. The van der Waals surface area contributed by atoms with E-state index in [2.05, 4.69) is 5.10 Å². The second-order valence-corrected chi connectivity index (χ2v) is 4.48. The molecule has 0 aliphatic carbocycles. The van der Waals surface area contributed by atoms with Gasteiger partial charge in [0, 0.05) is 18.8 Å². The lowest BCUT2D eigenvalue weighted by Gasteiger charge is -2.18. The third-order valence-corrected chi connectivity index (χ3v) is 3.13. The molecule has 1 aromatic heterocycles. The van der Waals surface area contributed by atoms with Gasteiger partial charge in [-0.05, 0) is 37.1 Å². The summed E-state index contributed by atoms with van der Waals surface area (Å²) in [7, 11) is 3.43. The fourth-order valence-corrected chi connectivity index (χ4v) is 2.26. The monoisotopic (exact) mass is 246 g/mol. The topological polar surface area (TPSA) is 47.3 Å². The molecule has 2 rings (SSSR count). The van der Waals surface area contributed by atoms with E-state index in [-0.39, 0.29) is 0 Å². The predicted octanol–water partition coefficient (Wildman–Crippen LogP) is 2.13. The summed E-state index contributed by atoms with van der Waals surface area (Å²) < 4.78 is 7.05. The lowest BCUT2D eigenvalue weighted by atomic mass is 9.98. The molecule has 96 valence electrons. The Morgan fingerprint density at radius 3 is 2.61 bits per heavy atom. The fourth-order valence-electron chi connectivity index (χ4n) is 2.26. The maximum atomic E-state index is 10.5. The minimum Gasteiger partial charge on any atom is -0.496 e. The predicted molar refractivity (Wildman–Crippen MR) is 69.7 cm³/mol. The van der Waals surface area contributed by atoms with Crippen molar-refractivity contribution in [1.82, 2.24) is 9.78 Å². The van der Waals surface area contributed by atoms with Gasteiger partial charge in [0.1, 0.15) is 11.9 Å². The molecule has 0 amide bonds. The first-order valence-corrected chi connectivity index (χ1v) is 5.85. The summed E-state index contributed by atoms with van der Waals surface area (Å²) in [4.78, 5) is 0. The molecule has 0 fully saturated rings. The molecule has 0 aliphatic heterocycles. The lowest BCUT2D eigenvalue weighted by Crippen LogP contribution is -2.09. The largest absolute Gasteiger partial charge is 0.496 e. The van der Waals surface area contributed by atoms with E-state index in [0.29, 0.717) is 5.75 Å². The van der Waals surface area contributed by atoms with Crippen LogP contribution in [0, 0.1) is 13.8 Å². The molecule has 0 saturated heterocycles. The van der Waals surface area contributed by atoms with Crippen LogP contribution in [0.2, 0.25) is 0 Å². The van der Waals surface area contributed by atoms with Gasteiger partial charge in [0.05, 0.1) is 12.8 Å². The SMILES string of the molecule is COc1cc(C)cc(C)c1C(O)c1ccnn1C. The van der Waals surface area contributed by atoms with Crippen LogP contribution in [0.3, 0.4) is 0 Å². The summed E-state index contributed by atoms with van der Waals surface area (Å²) in [6.45, 7) is 3.99. The number of aliphatic hydroxyl groups is 1. The van der Waals surface area contributed by atoms with Crippen LogP contribution in [0.25, 0.3) is 0 Å². The third kappa shape index (κ3) is 2.11. The van der Waals surface area contributed by atoms with Crippen LogP contribution in [0.1, 0.15) is 28.5 Å². The number of benzene rings is 1. The summed E-state index contributed by atoms with van der Waals surface area (Å²) in [5.74, 6) is 0.709. The summed E-state index contributed by atoms with van der Waals surface area (Å²) >= 11 is 0. The van der Waals surface area contributed by atoms with Crippen molar-refractivity contribution >= 4 is 0 Å². The minimum atomic E-state index is -0.729. The number of aromatic nitrogens is 2. The molecule has 18 heavy (non-hydrogen) atoms. The van der Waals surface area contributed by atoms with Gasteiger partial charge in [-0.2, -0.15) is 5.10 Å². The lowest BCUT2D eigenvalue weighted by molar-refractivity contribution is 0.204. The maximum absolute atomic E-state index is 10.5. The Kier molecular flexibility index (Phi) is 3.39. The number of methoxy groups -OCH3 is 1. The van der Waals surface area contributed by atoms with Gasteiger partial charge in [0.15, 0.2) is 0 Å². The molecule has 2 aromatic rings. The molecular formula is C14H18N2O2. The van der Waals surface area contributed by atoms with Crippen molar-refractivity contribution in [3.05, 3.63) is 46.8 Å². The molecule has 1 unspecified atom stereocenters. The van der Waals surface area contributed by atoms with E-state index in [1.807, 2.05) is 39.1 Å². The highest BCUT2D eigenvalue weighted by atomic mass is 16.5. The van der Waals surface area contributed by atoms with Gasteiger partial charge in [-0.3, -0.25) is 4.68 Å². The highest BCUT2D eigenvalue weighted by molar-refractivity contribution is 5.46. The quantitative estimate of drug-likeness (QED) is 0.902. The molecule has 1 N–H and O–H groups in total. The van der Waals surface area contributed by atoms with Crippen molar-refractivity contribution in [2.24, 2.45) is 7.05 Å². The number of aliphatic hydroxyl groups excluding tert-OH is 1. The average molecular weight is 246 g/mol. The van der Waals surface area contributed by atoms with Gasteiger partial charge in [-0.1, -0.05) is 6.07 Å². The number of hydrogen-bond acceptors (Lipinski definition) is 3. The summed E-state index contributed by atoms with van der Waals surface area (Å²) in [6.07, 6.45) is 0.946. The number of rotatable bonds is 3. The molecule has 0 saturated carbocycles. The van der Waals surface area contributed by atoms with Gasteiger partial charge in [0.25, 0.3) is 0 Å². The molecule has 4 nitrogen and oxygen atoms in total. The average Bonchev–Trinajstić information content (AvgIpc) is 2.73. The maximum Gasteiger partial charge on any atom is 0.125 e. The molecular weight excluding hydrogens is 228 g/mol. The van der Waals surface area contributed by atoms with E-state index in [1.54, 1.807) is 18.0 Å². The van der Waals surface area contributed by atoms with Crippen molar-refractivity contribution in [3.8, 4) is 5.75 Å². The summed E-state index contributed by atoms with van der Waals surface area (Å²) in [5.41, 5.74) is 3.68. The Morgan fingerprint density at radius 2 is 2.06 bits per heavy atom. The Bertz CT molecular complexity index is 561. The normalized spacial score (nSPS) is 12.5. The van der Waals surface area contributed by atoms with Crippen LogP contribution in [0.5, 0.6) is 5.75 Å². The minimum absolute atomic E-state index is 0.709. The first-order valence-electron chi connectivity index (χ1n) is 5.85. The molecule has 0 radical (unpaired) electrons. The van der Waals surface area contributed by atoms with Gasteiger partial charge in [-0.15, -0.1) is 0 Å².